The van der Waals surface area contributed by atoms with Crippen molar-refractivity contribution in [3.63, 3.8) is 0 Å². The molecule has 1 aromatic rings. The summed E-state index contributed by atoms with van der Waals surface area (Å²) in [6.45, 7) is 3.33. The van der Waals surface area contributed by atoms with E-state index in [1.807, 2.05) is 0 Å². The Kier molecular flexibility index (Phi) is 3.24. The largest absolute Gasteiger partial charge is 0.338 e. The highest BCUT2D eigenvalue weighted by molar-refractivity contribution is 7.97. The summed E-state index contributed by atoms with van der Waals surface area (Å²) in [6.07, 6.45) is 4.73. The average molecular weight is 253 g/mol. The highest BCUT2D eigenvalue weighted by atomic mass is 32.2. The molecule has 0 amide bonds. The van der Waals surface area contributed by atoms with Crippen molar-refractivity contribution in [1.82, 2.24) is 20.5 Å². The molecule has 0 aromatic carbocycles. The molecule has 17 heavy (non-hydrogen) atoms. The fraction of sp³-hybridized carbons (Fsp3) is 0.818. The first-order valence-electron chi connectivity index (χ1n) is 6.25. The molecule has 2 fully saturated rings. The van der Waals surface area contributed by atoms with Crippen molar-refractivity contribution in [1.29, 1.82) is 0 Å². The van der Waals surface area contributed by atoms with Gasteiger partial charge in [-0.25, -0.2) is 0 Å². The van der Waals surface area contributed by atoms with Gasteiger partial charge < -0.3 is 10.2 Å². The Labute approximate surface area is 106 Å². The van der Waals surface area contributed by atoms with Crippen LogP contribution in [0.2, 0.25) is 0 Å². The molecule has 0 bridgehead atoms. The van der Waals surface area contributed by atoms with E-state index in [0.717, 1.165) is 36.5 Å². The fourth-order valence-electron chi connectivity index (χ4n) is 2.84. The van der Waals surface area contributed by atoms with E-state index in [4.69, 9.17) is 0 Å². The second-order valence-electron chi connectivity index (χ2n) is 4.88. The molecule has 1 aromatic heterocycles. The van der Waals surface area contributed by atoms with Crippen molar-refractivity contribution >= 4 is 17.7 Å². The molecule has 94 valence electrons. The lowest BCUT2D eigenvalue weighted by molar-refractivity contribution is 0.340. The zero-order chi connectivity index (χ0) is 11.7. The van der Waals surface area contributed by atoms with Crippen LogP contribution in [0.4, 0.5) is 5.95 Å². The highest BCUT2D eigenvalue weighted by Crippen LogP contribution is 2.27. The van der Waals surface area contributed by atoms with Crippen LogP contribution >= 0.6 is 11.8 Å². The summed E-state index contributed by atoms with van der Waals surface area (Å²) in [7, 11) is 0. The summed E-state index contributed by atoms with van der Waals surface area (Å²) in [5.74, 6) is 3.55. The number of nitrogens with one attached hydrogen (secondary N) is 2. The van der Waals surface area contributed by atoms with Gasteiger partial charge in [0.05, 0.1) is 5.75 Å². The van der Waals surface area contributed by atoms with Gasteiger partial charge in [-0.15, -0.1) is 5.10 Å². The summed E-state index contributed by atoms with van der Waals surface area (Å²) >= 11 is 1.77. The molecule has 2 N–H and O–H groups in total. The molecule has 2 atom stereocenters. The van der Waals surface area contributed by atoms with Gasteiger partial charge in [-0.3, -0.25) is 5.10 Å². The number of fused-ring (bicyclic) bond motifs is 1. The molecule has 2 aliphatic rings. The van der Waals surface area contributed by atoms with Crippen molar-refractivity contribution in [3.8, 4) is 0 Å². The maximum Gasteiger partial charge on any atom is 0.244 e. The predicted octanol–water partition coefficient (Wildman–Crippen LogP) is 0.856. The minimum Gasteiger partial charge on any atom is -0.338 e. The molecular weight excluding hydrogens is 234 g/mol. The first-order valence-corrected chi connectivity index (χ1v) is 7.65. The number of aromatic amines is 1. The molecule has 2 unspecified atom stereocenters. The second-order valence-corrected chi connectivity index (χ2v) is 5.75. The van der Waals surface area contributed by atoms with Gasteiger partial charge in [0.1, 0.15) is 5.82 Å². The number of H-pyrrole nitrogens is 1. The lowest BCUT2D eigenvalue weighted by Gasteiger charge is -2.24. The maximum atomic E-state index is 4.55. The van der Waals surface area contributed by atoms with Gasteiger partial charge in [0, 0.05) is 19.1 Å². The molecule has 0 aliphatic carbocycles. The van der Waals surface area contributed by atoms with Gasteiger partial charge in [-0.05, 0) is 31.6 Å². The lowest BCUT2D eigenvalue weighted by atomic mass is 9.94. The minimum atomic E-state index is 0.645. The number of aromatic nitrogens is 3. The number of anilines is 1. The van der Waals surface area contributed by atoms with E-state index < -0.39 is 0 Å². The molecule has 0 radical (unpaired) electrons. The topological polar surface area (TPSA) is 56.8 Å². The Bertz CT molecular complexity index is 366. The van der Waals surface area contributed by atoms with Gasteiger partial charge in [0.2, 0.25) is 5.95 Å². The van der Waals surface area contributed by atoms with E-state index in [1.54, 1.807) is 11.8 Å². The Hall–Kier alpha value is -0.750. The fourth-order valence-corrected chi connectivity index (χ4v) is 3.24. The molecule has 6 heteroatoms. The number of thioether (sulfide) groups is 1. The van der Waals surface area contributed by atoms with E-state index in [1.165, 1.54) is 19.4 Å². The first-order chi connectivity index (χ1) is 8.36. The van der Waals surface area contributed by atoms with Crippen LogP contribution in [0.3, 0.4) is 0 Å². The second kappa shape index (κ2) is 4.86. The zero-order valence-corrected chi connectivity index (χ0v) is 11.0. The number of nitrogens with zero attached hydrogens (tertiary/aromatic N) is 3. The molecule has 5 nitrogen and oxygen atoms in total. The van der Waals surface area contributed by atoms with E-state index >= 15 is 0 Å². The zero-order valence-electron chi connectivity index (χ0n) is 10.1. The van der Waals surface area contributed by atoms with Crippen LogP contribution in [0, 0.1) is 5.92 Å². The Morgan fingerprint density at radius 3 is 3.24 bits per heavy atom. The molecule has 0 saturated carbocycles. The van der Waals surface area contributed by atoms with E-state index in [2.05, 4.69) is 31.7 Å². The van der Waals surface area contributed by atoms with Crippen molar-refractivity contribution < 1.29 is 0 Å². The smallest absolute Gasteiger partial charge is 0.244 e. The van der Waals surface area contributed by atoms with Gasteiger partial charge in [0.15, 0.2) is 0 Å². The Balaban J connectivity index is 1.68. The van der Waals surface area contributed by atoms with Crippen LogP contribution in [-0.2, 0) is 5.75 Å². The molecule has 3 rings (SSSR count). The van der Waals surface area contributed by atoms with E-state index in [9.17, 15) is 0 Å². The molecule has 3 heterocycles. The number of hydrogen-bond donors (Lipinski definition) is 2. The van der Waals surface area contributed by atoms with Crippen LogP contribution < -0.4 is 10.2 Å². The quantitative estimate of drug-likeness (QED) is 0.836. The van der Waals surface area contributed by atoms with Crippen molar-refractivity contribution in [3.05, 3.63) is 5.82 Å². The SMILES string of the molecule is CSCc1nc(N2CC3CCCNC3C2)n[nH]1. The van der Waals surface area contributed by atoms with Gasteiger partial charge in [-0.1, -0.05) is 0 Å². The summed E-state index contributed by atoms with van der Waals surface area (Å²) in [5, 5.41) is 10.9. The Morgan fingerprint density at radius 2 is 2.41 bits per heavy atom. The number of rotatable bonds is 3. The van der Waals surface area contributed by atoms with Crippen LogP contribution in [0.1, 0.15) is 18.7 Å². The van der Waals surface area contributed by atoms with Crippen LogP contribution in [0.25, 0.3) is 0 Å². The average Bonchev–Trinajstić information content (AvgIpc) is 2.94. The minimum absolute atomic E-state index is 0.645. The van der Waals surface area contributed by atoms with Crippen molar-refractivity contribution in [2.24, 2.45) is 5.92 Å². The number of piperidine rings is 1. The Morgan fingerprint density at radius 1 is 1.47 bits per heavy atom. The molecule has 2 saturated heterocycles. The highest BCUT2D eigenvalue weighted by Gasteiger charge is 2.35. The summed E-state index contributed by atoms with van der Waals surface area (Å²) in [4.78, 5) is 6.86. The van der Waals surface area contributed by atoms with Crippen molar-refractivity contribution in [2.75, 3.05) is 30.8 Å². The van der Waals surface area contributed by atoms with Crippen LogP contribution in [0.5, 0.6) is 0 Å². The third-order valence-electron chi connectivity index (χ3n) is 3.68. The third-order valence-corrected chi connectivity index (χ3v) is 4.25. The summed E-state index contributed by atoms with van der Waals surface area (Å²) in [5.41, 5.74) is 0. The number of hydrogen-bond acceptors (Lipinski definition) is 5. The molecule has 2 aliphatic heterocycles. The molecule has 0 spiro atoms. The third kappa shape index (κ3) is 2.28. The monoisotopic (exact) mass is 253 g/mol. The van der Waals surface area contributed by atoms with Crippen molar-refractivity contribution in [2.45, 2.75) is 24.6 Å². The summed E-state index contributed by atoms with van der Waals surface area (Å²) in [6, 6.07) is 0.645. The summed E-state index contributed by atoms with van der Waals surface area (Å²) < 4.78 is 0. The van der Waals surface area contributed by atoms with Gasteiger partial charge >= 0.3 is 0 Å². The van der Waals surface area contributed by atoms with Crippen LogP contribution in [0.15, 0.2) is 0 Å². The predicted molar refractivity (Wildman–Crippen MR) is 70.3 cm³/mol. The van der Waals surface area contributed by atoms with Crippen LogP contribution in [-0.4, -0.2) is 47.1 Å². The lowest BCUT2D eigenvalue weighted by Crippen LogP contribution is -2.40. The van der Waals surface area contributed by atoms with Gasteiger partial charge in [-0.2, -0.15) is 16.7 Å². The van der Waals surface area contributed by atoms with Gasteiger partial charge in [0.25, 0.3) is 0 Å². The normalized spacial score (nSPS) is 28.4. The standard InChI is InChI=1S/C11H19N5S/c1-17-7-10-13-11(15-14-10)16-5-8-3-2-4-12-9(8)6-16/h8-9,12H,2-7H2,1H3,(H,13,14,15). The van der Waals surface area contributed by atoms with E-state index in [-0.39, 0.29) is 0 Å². The molecular formula is C11H19N5S. The first kappa shape index (κ1) is 11.3. The van der Waals surface area contributed by atoms with E-state index in [0.29, 0.717) is 6.04 Å². The maximum absolute atomic E-state index is 4.55.